The molecule has 1 saturated heterocycles. The number of hydrogen-bond donors (Lipinski definition) is 2. The van der Waals surface area contributed by atoms with Crippen LogP contribution >= 0.6 is 11.8 Å². The molecule has 3 aromatic heterocycles. The Morgan fingerprint density at radius 2 is 1.82 bits per heavy atom. The minimum atomic E-state index is -4.07. The minimum Gasteiger partial charge on any atom is -0.480 e. The molecule has 1 aliphatic heterocycles. The van der Waals surface area contributed by atoms with Gasteiger partial charge in [0.2, 0.25) is 15.9 Å². The monoisotopic (exact) mass is 652 g/mol. The predicted molar refractivity (Wildman–Crippen MR) is 172 cm³/mol. The summed E-state index contributed by atoms with van der Waals surface area (Å²) in [6.45, 7) is 8.27. The van der Waals surface area contributed by atoms with Crippen molar-refractivity contribution in [3.63, 3.8) is 0 Å². The van der Waals surface area contributed by atoms with E-state index in [0.29, 0.717) is 29.4 Å². The molecule has 45 heavy (non-hydrogen) atoms. The Hall–Kier alpha value is -4.01. The molecule has 2 N–H and O–H groups in total. The van der Waals surface area contributed by atoms with Crippen LogP contribution in [-0.2, 0) is 32.6 Å². The SMILES string of the molecule is CC(C)CCn1c(=O)n(-c2ccc(C[C@H](NC(=O)[C@H]3N(S(=O)(=O)c4cccnc4)CSC3(C)C)C(=O)O)cc2)c2ncccc21. The number of carboxylic acids is 1. The van der Waals surface area contributed by atoms with Crippen LogP contribution in [0.2, 0.25) is 0 Å². The Kier molecular flexibility index (Phi) is 9.19. The lowest BCUT2D eigenvalue weighted by atomic mass is 10.0. The van der Waals surface area contributed by atoms with E-state index < -0.39 is 38.7 Å². The molecule has 1 aliphatic rings. The average molecular weight is 653 g/mol. The molecule has 14 heteroatoms. The quantitative estimate of drug-likeness (QED) is 0.248. The molecule has 2 atom stereocenters. The van der Waals surface area contributed by atoms with Gasteiger partial charge >= 0.3 is 11.7 Å². The molecule has 0 bridgehead atoms. The molecule has 12 nitrogen and oxygen atoms in total. The second-order valence-electron chi connectivity index (χ2n) is 11.9. The summed E-state index contributed by atoms with van der Waals surface area (Å²) in [6.07, 6.45) is 5.08. The van der Waals surface area contributed by atoms with Crippen LogP contribution in [0.25, 0.3) is 16.9 Å². The van der Waals surface area contributed by atoms with Crippen LogP contribution in [0.5, 0.6) is 0 Å². The van der Waals surface area contributed by atoms with Crippen molar-refractivity contribution in [2.45, 2.75) is 68.8 Å². The Labute approximate surface area is 265 Å². The summed E-state index contributed by atoms with van der Waals surface area (Å²) in [6, 6.07) is 10.9. The largest absolute Gasteiger partial charge is 0.480 e. The van der Waals surface area contributed by atoms with Crippen molar-refractivity contribution in [2.24, 2.45) is 5.92 Å². The topological polar surface area (TPSA) is 156 Å². The molecule has 1 aromatic carbocycles. The third-order valence-corrected chi connectivity index (χ3v) is 11.2. The van der Waals surface area contributed by atoms with Crippen molar-refractivity contribution >= 4 is 44.8 Å². The van der Waals surface area contributed by atoms with E-state index in [1.807, 2.05) is 6.07 Å². The van der Waals surface area contributed by atoms with Crippen LogP contribution < -0.4 is 11.0 Å². The van der Waals surface area contributed by atoms with Gasteiger partial charge in [0.1, 0.15) is 17.0 Å². The molecule has 0 unspecified atom stereocenters. The number of benzene rings is 1. The molecule has 4 aromatic rings. The van der Waals surface area contributed by atoms with E-state index in [0.717, 1.165) is 16.2 Å². The highest BCUT2D eigenvalue weighted by Gasteiger charge is 2.51. The van der Waals surface area contributed by atoms with Crippen molar-refractivity contribution in [1.29, 1.82) is 0 Å². The predicted octanol–water partition coefficient (Wildman–Crippen LogP) is 3.28. The number of pyridine rings is 2. The van der Waals surface area contributed by atoms with E-state index >= 15 is 0 Å². The van der Waals surface area contributed by atoms with Crippen LogP contribution in [0.4, 0.5) is 0 Å². The molecule has 0 aliphatic carbocycles. The highest BCUT2D eigenvalue weighted by atomic mass is 32.2. The van der Waals surface area contributed by atoms with Crippen molar-refractivity contribution in [2.75, 3.05) is 5.88 Å². The van der Waals surface area contributed by atoms with Crippen LogP contribution in [0.3, 0.4) is 0 Å². The van der Waals surface area contributed by atoms with Gasteiger partial charge in [-0.1, -0.05) is 26.0 Å². The van der Waals surface area contributed by atoms with Crippen LogP contribution in [0.1, 0.15) is 39.7 Å². The number of nitrogens with zero attached hydrogens (tertiary/aromatic N) is 5. The van der Waals surface area contributed by atoms with Gasteiger partial charge in [0.25, 0.3) is 0 Å². The number of sulfonamides is 1. The van der Waals surface area contributed by atoms with E-state index in [4.69, 9.17) is 0 Å². The Morgan fingerprint density at radius 3 is 2.47 bits per heavy atom. The van der Waals surface area contributed by atoms with E-state index in [1.165, 1.54) is 40.9 Å². The third-order valence-electron chi connectivity index (χ3n) is 7.87. The summed E-state index contributed by atoms with van der Waals surface area (Å²) >= 11 is 1.30. The average Bonchev–Trinajstić information content (AvgIpc) is 3.48. The number of imidazole rings is 1. The van der Waals surface area contributed by atoms with Gasteiger partial charge in [-0.15, -0.1) is 11.8 Å². The van der Waals surface area contributed by atoms with Gasteiger partial charge in [0.05, 0.1) is 17.1 Å². The van der Waals surface area contributed by atoms with Gasteiger partial charge in [-0.05, 0) is 68.1 Å². The molecule has 4 heterocycles. The Bertz CT molecular complexity index is 1870. The molecular weight excluding hydrogens is 617 g/mol. The lowest BCUT2D eigenvalue weighted by molar-refractivity contribution is -0.142. The van der Waals surface area contributed by atoms with Crippen molar-refractivity contribution in [3.05, 3.63) is 83.2 Å². The highest BCUT2D eigenvalue weighted by molar-refractivity contribution is 8.02. The van der Waals surface area contributed by atoms with Crippen LogP contribution in [-0.4, -0.2) is 71.5 Å². The number of amides is 1. The fourth-order valence-corrected chi connectivity index (χ4v) is 8.54. The number of nitrogens with one attached hydrogen (secondary N) is 1. The maximum absolute atomic E-state index is 13.6. The van der Waals surface area contributed by atoms with Gasteiger partial charge in [0, 0.05) is 36.3 Å². The first-order chi connectivity index (χ1) is 21.3. The van der Waals surface area contributed by atoms with Crippen molar-refractivity contribution < 1.29 is 23.1 Å². The number of carbonyl (C=O) groups excluding carboxylic acids is 1. The first kappa shape index (κ1) is 32.4. The van der Waals surface area contributed by atoms with E-state index in [-0.39, 0.29) is 22.9 Å². The van der Waals surface area contributed by atoms with Crippen molar-refractivity contribution in [1.82, 2.24) is 28.7 Å². The number of carboxylic acid groups (broad SMARTS) is 1. The fourth-order valence-electron chi connectivity index (χ4n) is 5.41. The lowest BCUT2D eigenvalue weighted by Crippen LogP contribution is -2.56. The number of aromatic nitrogens is 4. The standard InChI is InChI=1S/C31H36N6O6S2/c1-20(2)13-16-35-25-8-6-15-33-27(25)37(30(35)41)22-11-9-21(10-12-22)17-24(29(39)40)34-28(38)26-31(3,4)44-19-36(26)45(42,43)23-7-5-14-32-18-23/h5-12,14-15,18,20,24,26H,13,16-17,19H2,1-4H3,(H,34,38)(H,39,40)/t24-,26+/m0/s1. The molecule has 0 radical (unpaired) electrons. The summed E-state index contributed by atoms with van der Waals surface area (Å²) in [7, 11) is -4.07. The maximum atomic E-state index is 13.6. The lowest BCUT2D eigenvalue weighted by Gasteiger charge is -2.30. The third kappa shape index (κ3) is 6.53. The van der Waals surface area contributed by atoms with E-state index in [9.17, 15) is 27.9 Å². The number of aliphatic carboxylic acids is 1. The molecule has 238 valence electrons. The van der Waals surface area contributed by atoms with Crippen molar-refractivity contribution in [3.8, 4) is 5.69 Å². The van der Waals surface area contributed by atoms with E-state index in [1.54, 1.807) is 54.9 Å². The maximum Gasteiger partial charge on any atom is 0.334 e. The second-order valence-corrected chi connectivity index (χ2v) is 15.4. The Balaban J connectivity index is 1.37. The number of fused-ring (bicyclic) bond motifs is 1. The number of aryl methyl sites for hydroxylation is 1. The summed E-state index contributed by atoms with van der Waals surface area (Å²) < 4.78 is 30.4. The zero-order chi connectivity index (χ0) is 32.5. The first-order valence-electron chi connectivity index (χ1n) is 14.6. The number of rotatable bonds is 11. The fraction of sp³-hybridized carbons (Fsp3) is 0.387. The van der Waals surface area contributed by atoms with Crippen LogP contribution in [0, 0.1) is 5.92 Å². The highest BCUT2D eigenvalue weighted by Crippen LogP contribution is 2.42. The van der Waals surface area contributed by atoms with Gasteiger partial charge in [-0.3, -0.25) is 14.3 Å². The summed E-state index contributed by atoms with van der Waals surface area (Å²) in [4.78, 5) is 47.6. The van der Waals surface area contributed by atoms with E-state index in [2.05, 4.69) is 29.1 Å². The molecule has 0 saturated carbocycles. The number of carbonyl (C=O) groups is 2. The summed E-state index contributed by atoms with van der Waals surface area (Å²) in [5, 5.41) is 12.6. The van der Waals surface area contributed by atoms with Gasteiger partial charge < -0.3 is 10.4 Å². The summed E-state index contributed by atoms with van der Waals surface area (Å²) in [5.41, 5.74) is 2.23. The minimum absolute atomic E-state index is 0.0314. The zero-order valence-electron chi connectivity index (χ0n) is 25.5. The number of hydrogen-bond acceptors (Lipinski definition) is 8. The van der Waals surface area contributed by atoms with Gasteiger partial charge in [0.15, 0.2) is 5.65 Å². The normalized spacial score (nSPS) is 17.5. The number of thioether (sulfide) groups is 1. The molecule has 0 spiro atoms. The summed E-state index contributed by atoms with van der Waals surface area (Å²) in [5.74, 6) is -1.51. The molecular formula is C31H36N6O6S2. The smallest absolute Gasteiger partial charge is 0.334 e. The van der Waals surface area contributed by atoms with Gasteiger partial charge in [-0.25, -0.2) is 27.6 Å². The molecule has 1 fully saturated rings. The molecule has 1 amide bonds. The first-order valence-corrected chi connectivity index (χ1v) is 17.0. The second kappa shape index (κ2) is 12.8. The Morgan fingerprint density at radius 1 is 1.11 bits per heavy atom. The van der Waals surface area contributed by atoms with Crippen LogP contribution in [0.15, 0.2) is 76.8 Å². The zero-order valence-corrected chi connectivity index (χ0v) is 27.1. The molecule has 5 rings (SSSR count). The van der Waals surface area contributed by atoms with Gasteiger partial charge in [-0.2, -0.15) is 4.31 Å².